The molecule has 1 aliphatic rings. The van der Waals surface area contributed by atoms with Gasteiger partial charge in [-0.25, -0.2) is 0 Å². The van der Waals surface area contributed by atoms with Gasteiger partial charge in [-0.2, -0.15) is 0 Å². The van der Waals surface area contributed by atoms with Crippen LogP contribution in [0.3, 0.4) is 0 Å². The normalized spacial score (nSPS) is 13.7. The van der Waals surface area contributed by atoms with Gasteiger partial charge in [0.25, 0.3) is 11.8 Å². The van der Waals surface area contributed by atoms with E-state index in [-0.39, 0.29) is 22.8 Å². The molecule has 162 valence electrons. The van der Waals surface area contributed by atoms with Gasteiger partial charge in [0.2, 0.25) is 0 Å². The first-order chi connectivity index (χ1) is 15.3. The number of rotatable bonds is 6. The first-order valence-corrected chi connectivity index (χ1v) is 10.6. The van der Waals surface area contributed by atoms with Crippen LogP contribution in [0.1, 0.15) is 11.3 Å². The lowest BCUT2D eigenvalue weighted by Crippen LogP contribution is -2.32. The van der Waals surface area contributed by atoms with Crippen molar-refractivity contribution in [2.75, 3.05) is 24.3 Å². The van der Waals surface area contributed by atoms with E-state index in [9.17, 15) is 9.59 Å². The Kier molecular flexibility index (Phi) is 6.17. The Bertz CT molecular complexity index is 1210. The molecule has 4 rings (SSSR count). The molecule has 0 bridgehead atoms. The number of halogens is 2. The van der Waals surface area contributed by atoms with Crippen LogP contribution >= 0.6 is 23.2 Å². The lowest BCUT2D eigenvalue weighted by Gasteiger charge is -2.15. The average Bonchev–Trinajstić information content (AvgIpc) is 2.99. The standard InChI is InChI=1S/C24H20Cl2N4O2/c1-29(2)18-9-7-16(8-10-18)28-22-21(19-11-6-15(25)13-20(19)26)23(31)30(24(22)32)14-17-5-3-4-12-27-17/h3-13,28H,14H2,1-2H3. The van der Waals surface area contributed by atoms with Crippen LogP contribution in [-0.2, 0) is 16.1 Å². The first-order valence-electron chi connectivity index (χ1n) is 9.85. The van der Waals surface area contributed by atoms with E-state index in [4.69, 9.17) is 23.2 Å². The van der Waals surface area contributed by atoms with E-state index in [2.05, 4.69) is 10.3 Å². The lowest BCUT2D eigenvalue weighted by atomic mass is 10.0. The van der Waals surface area contributed by atoms with Crippen molar-refractivity contribution >= 4 is 52.0 Å². The molecule has 6 nitrogen and oxygen atoms in total. The van der Waals surface area contributed by atoms with E-state index in [1.54, 1.807) is 36.5 Å². The molecule has 0 unspecified atom stereocenters. The van der Waals surface area contributed by atoms with Crippen LogP contribution in [0.5, 0.6) is 0 Å². The van der Waals surface area contributed by atoms with E-state index in [1.807, 2.05) is 49.3 Å². The largest absolute Gasteiger partial charge is 0.378 e. The summed E-state index contributed by atoms with van der Waals surface area (Å²) in [6, 6.07) is 17.7. The maximum Gasteiger partial charge on any atom is 0.278 e. The molecule has 1 aliphatic heterocycles. The Morgan fingerprint density at radius 1 is 0.969 bits per heavy atom. The smallest absolute Gasteiger partial charge is 0.278 e. The third kappa shape index (κ3) is 4.33. The minimum atomic E-state index is -0.447. The highest BCUT2D eigenvalue weighted by molar-refractivity contribution is 6.41. The van der Waals surface area contributed by atoms with E-state index in [0.717, 1.165) is 5.69 Å². The zero-order valence-corrected chi connectivity index (χ0v) is 19.0. The molecular formula is C24H20Cl2N4O2. The van der Waals surface area contributed by atoms with E-state index < -0.39 is 11.8 Å². The van der Waals surface area contributed by atoms with Crippen molar-refractivity contribution in [1.82, 2.24) is 9.88 Å². The fourth-order valence-electron chi connectivity index (χ4n) is 3.42. The number of aromatic nitrogens is 1. The molecule has 0 radical (unpaired) electrons. The van der Waals surface area contributed by atoms with Gasteiger partial charge in [-0.05, 0) is 48.5 Å². The summed E-state index contributed by atoms with van der Waals surface area (Å²) >= 11 is 12.4. The molecule has 0 fully saturated rings. The van der Waals surface area contributed by atoms with Gasteiger partial charge in [0.15, 0.2) is 0 Å². The number of benzene rings is 2. The number of anilines is 2. The summed E-state index contributed by atoms with van der Waals surface area (Å²) in [7, 11) is 3.89. The van der Waals surface area contributed by atoms with Crippen LogP contribution in [0, 0.1) is 0 Å². The average molecular weight is 467 g/mol. The van der Waals surface area contributed by atoms with Gasteiger partial charge in [0.1, 0.15) is 5.70 Å². The maximum atomic E-state index is 13.4. The monoisotopic (exact) mass is 466 g/mol. The van der Waals surface area contributed by atoms with Crippen LogP contribution in [-0.4, -0.2) is 35.8 Å². The van der Waals surface area contributed by atoms with Gasteiger partial charge < -0.3 is 10.2 Å². The van der Waals surface area contributed by atoms with Gasteiger partial charge >= 0.3 is 0 Å². The molecule has 0 spiro atoms. The highest BCUT2D eigenvalue weighted by atomic mass is 35.5. The van der Waals surface area contributed by atoms with Crippen LogP contribution in [0.25, 0.3) is 5.57 Å². The summed E-state index contributed by atoms with van der Waals surface area (Å²) in [4.78, 5) is 34.1. The minimum Gasteiger partial charge on any atom is -0.378 e. The number of carbonyl (C=O) groups excluding carboxylic acids is 2. The highest BCUT2D eigenvalue weighted by Crippen LogP contribution is 2.36. The van der Waals surface area contributed by atoms with Crippen molar-refractivity contribution in [2.45, 2.75) is 6.54 Å². The fourth-order valence-corrected chi connectivity index (χ4v) is 3.92. The third-order valence-electron chi connectivity index (χ3n) is 5.07. The number of carbonyl (C=O) groups is 2. The number of hydrogen-bond acceptors (Lipinski definition) is 5. The minimum absolute atomic E-state index is 0.0535. The van der Waals surface area contributed by atoms with Crippen LogP contribution in [0.4, 0.5) is 11.4 Å². The first kappa shape index (κ1) is 21.9. The van der Waals surface area contributed by atoms with Crippen molar-refractivity contribution in [2.24, 2.45) is 0 Å². The molecule has 0 aliphatic carbocycles. The second kappa shape index (κ2) is 9.02. The van der Waals surface area contributed by atoms with Crippen molar-refractivity contribution in [3.63, 3.8) is 0 Å². The third-order valence-corrected chi connectivity index (χ3v) is 5.62. The number of hydrogen-bond donors (Lipinski definition) is 1. The van der Waals surface area contributed by atoms with Crippen LogP contribution in [0.15, 0.2) is 72.6 Å². The number of imide groups is 1. The Balaban J connectivity index is 1.75. The Morgan fingerprint density at radius 2 is 1.72 bits per heavy atom. The Morgan fingerprint density at radius 3 is 2.34 bits per heavy atom. The molecule has 1 N–H and O–H groups in total. The van der Waals surface area contributed by atoms with E-state index in [1.165, 1.54) is 4.90 Å². The Labute approximate surface area is 196 Å². The van der Waals surface area contributed by atoms with E-state index in [0.29, 0.717) is 22.0 Å². The number of nitrogens with one attached hydrogen (secondary N) is 1. The van der Waals surface area contributed by atoms with Gasteiger partial charge in [0.05, 0.1) is 22.8 Å². The summed E-state index contributed by atoms with van der Waals surface area (Å²) in [5.41, 5.74) is 3.08. The van der Waals surface area contributed by atoms with Gasteiger partial charge in [-0.3, -0.25) is 19.5 Å². The molecule has 2 aromatic carbocycles. The highest BCUT2D eigenvalue weighted by Gasteiger charge is 2.40. The predicted octanol–water partition coefficient (Wildman–Crippen LogP) is 4.85. The van der Waals surface area contributed by atoms with Gasteiger partial charge in [-0.15, -0.1) is 0 Å². The molecule has 0 saturated heterocycles. The van der Waals surface area contributed by atoms with Crippen molar-refractivity contribution in [1.29, 1.82) is 0 Å². The molecule has 8 heteroatoms. The fraction of sp³-hybridized carbons (Fsp3) is 0.125. The molecular weight excluding hydrogens is 447 g/mol. The quantitative estimate of drug-likeness (QED) is 0.526. The Hall–Kier alpha value is -3.35. The molecule has 2 amide bonds. The number of pyridine rings is 1. The maximum absolute atomic E-state index is 13.4. The molecule has 0 saturated carbocycles. The molecule has 32 heavy (non-hydrogen) atoms. The van der Waals surface area contributed by atoms with Crippen molar-refractivity contribution < 1.29 is 9.59 Å². The zero-order chi connectivity index (χ0) is 22.8. The number of amides is 2. The summed E-state index contributed by atoms with van der Waals surface area (Å²) in [5.74, 6) is -0.893. The predicted molar refractivity (Wildman–Crippen MR) is 128 cm³/mol. The topological polar surface area (TPSA) is 65.5 Å². The zero-order valence-electron chi connectivity index (χ0n) is 17.5. The summed E-state index contributed by atoms with van der Waals surface area (Å²) in [5, 5.41) is 3.86. The van der Waals surface area contributed by atoms with Crippen molar-refractivity contribution in [3.05, 3.63) is 93.9 Å². The number of nitrogens with zero attached hydrogens (tertiary/aromatic N) is 3. The van der Waals surface area contributed by atoms with Crippen LogP contribution in [0.2, 0.25) is 10.0 Å². The van der Waals surface area contributed by atoms with Gasteiger partial charge in [0, 0.05) is 42.3 Å². The summed E-state index contributed by atoms with van der Waals surface area (Å²) in [6.45, 7) is 0.0535. The SMILES string of the molecule is CN(C)c1ccc(NC2=C(c3ccc(Cl)cc3Cl)C(=O)N(Cc3ccccn3)C2=O)cc1. The molecule has 1 aromatic heterocycles. The lowest BCUT2D eigenvalue weighted by molar-refractivity contribution is -0.137. The van der Waals surface area contributed by atoms with E-state index >= 15 is 0 Å². The van der Waals surface area contributed by atoms with Crippen molar-refractivity contribution in [3.8, 4) is 0 Å². The molecule has 0 atom stereocenters. The molecule has 2 heterocycles. The second-order valence-electron chi connectivity index (χ2n) is 7.46. The molecule has 3 aromatic rings. The second-order valence-corrected chi connectivity index (χ2v) is 8.30. The van der Waals surface area contributed by atoms with Gasteiger partial charge in [-0.1, -0.05) is 35.3 Å². The summed E-state index contributed by atoms with van der Waals surface area (Å²) in [6.07, 6.45) is 1.62. The van der Waals surface area contributed by atoms with Crippen LogP contribution < -0.4 is 10.2 Å². The summed E-state index contributed by atoms with van der Waals surface area (Å²) < 4.78 is 0.